The molecular weight excluding hydrogens is 402 g/mol. The number of halogens is 1. The van der Waals surface area contributed by atoms with Crippen LogP contribution in [0.15, 0.2) is 59.0 Å². The molecule has 0 amide bonds. The highest BCUT2D eigenvalue weighted by Gasteiger charge is 2.04. The third kappa shape index (κ3) is 5.30. The van der Waals surface area contributed by atoms with Gasteiger partial charge in [0.2, 0.25) is 5.13 Å². The quantitative estimate of drug-likeness (QED) is 0.438. The predicted molar refractivity (Wildman–Crippen MR) is 108 cm³/mol. The molecule has 0 aliphatic carbocycles. The summed E-state index contributed by atoms with van der Waals surface area (Å²) in [6.07, 6.45) is 1.68. The van der Waals surface area contributed by atoms with Gasteiger partial charge in [0.25, 0.3) is 0 Å². The van der Waals surface area contributed by atoms with Gasteiger partial charge >= 0.3 is 0 Å². The molecule has 0 aliphatic rings. The van der Waals surface area contributed by atoms with Crippen LogP contribution in [0.4, 0.5) is 5.13 Å². The van der Waals surface area contributed by atoms with Gasteiger partial charge in [-0.05, 0) is 61.0 Å². The Morgan fingerprint density at radius 3 is 2.56 bits per heavy atom. The number of ether oxygens (including phenoxy) is 1. The summed E-state index contributed by atoms with van der Waals surface area (Å²) in [7, 11) is 0. The number of nitrogens with one attached hydrogen (secondary N) is 1. The van der Waals surface area contributed by atoms with E-state index in [9.17, 15) is 5.11 Å². The van der Waals surface area contributed by atoms with Crippen molar-refractivity contribution < 1.29 is 9.84 Å². The molecule has 1 heterocycles. The van der Waals surface area contributed by atoms with Crippen molar-refractivity contribution in [1.29, 1.82) is 0 Å². The maximum Gasteiger partial charge on any atom is 0.203 e. The van der Waals surface area contributed by atoms with Crippen molar-refractivity contribution in [2.45, 2.75) is 6.92 Å². The average Bonchev–Trinajstić information content (AvgIpc) is 3.07. The lowest BCUT2D eigenvalue weighted by Crippen LogP contribution is -1.91. The Bertz CT molecular complexity index is 817. The van der Waals surface area contributed by atoms with Gasteiger partial charge in [0.05, 0.1) is 18.5 Å². The number of aromatic nitrogens is 1. The molecule has 0 unspecified atom stereocenters. The molecule has 130 valence electrons. The summed E-state index contributed by atoms with van der Waals surface area (Å²) in [6, 6.07) is 14.7. The maximum absolute atomic E-state index is 9.24. The SMILES string of the molecule is Br.CCOc1ccc(-c2csc(N/N=C\c3ccc(O)cc3)n2)cc1. The van der Waals surface area contributed by atoms with Crippen LogP contribution in [0.1, 0.15) is 12.5 Å². The molecule has 0 saturated carbocycles. The van der Waals surface area contributed by atoms with E-state index in [1.54, 1.807) is 30.5 Å². The van der Waals surface area contributed by atoms with Crippen LogP contribution in [0, 0.1) is 0 Å². The van der Waals surface area contributed by atoms with Crippen molar-refractivity contribution in [3.05, 3.63) is 59.5 Å². The van der Waals surface area contributed by atoms with Crippen LogP contribution in [-0.4, -0.2) is 22.9 Å². The summed E-state index contributed by atoms with van der Waals surface area (Å²) >= 11 is 1.49. The molecule has 3 rings (SSSR count). The van der Waals surface area contributed by atoms with E-state index in [1.807, 2.05) is 36.6 Å². The minimum atomic E-state index is 0. The fourth-order valence-corrected chi connectivity index (χ4v) is 2.74. The van der Waals surface area contributed by atoms with E-state index >= 15 is 0 Å². The Kier molecular flexibility index (Phi) is 6.97. The predicted octanol–water partition coefficient (Wildman–Crippen LogP) is 4.94. The van der Waals surface area contributed by atoms with Gasteiger partial charge in [-0.15, -0.1) is 28.3 Å². The summed E-state index contributed by atoms with van der Waals surface area (Å²) < 4.78 is 5.44. The second-order valence-electron chi connectivity index (χ2n) is 4.96. The van der Waals surface area contributed by atoms with Gasteiger partial charge in [-0.25, -0.2) is 4.98 Å². The molecule has 2 N–H and O–H groups in total. The van der Waals surface area contributed by atoms with Gasteiger partial charge in [0.15, 0.2) is 0 Å². The van der Waals surface area contributed by atoms with Crippen LogP contribution in [0.3, 0.4) is 0 Å². The third-order valence-corrected chi connectivity index (χ3v) is 3.98. The van der Waals surface area contributed by atoms with Crippen molar-refractivity contribution in [1.82, 2.24) is 4.98 Å². The van der Waals surface area contributed by atoms with Gasteiger partial charge < -0.3 is 9.84 Å². The molecule has 0 bridgehead atoms. The smallest absolute Gasteiger partial charge is 0.203 e. The van der Waals surface area contributed by atoms with Crippen molar-refractivity contribution in [2.75, 3.05) is 12.0 Å². The summed E-state index contributed by atoms with van der Waals surface area (Å²) in [4.78, 5) is 4.51. The fraction of sp³-hybridized carbons (Fsp3) is 0.111. The van der Waals surface area contributed by atoms with Crippen LogP contribution < -0.4 is 10.2 Å². The number of nitrogens with zero attached hydrogens (tertiary/aromatic N) is 2. The van der Waals surface area contributed by atoms with Crippen LogP contribution >= 0.6 is 28.3 Å². The summed E-state index contributed by atoms with van der Waals surface area (Å²) in [6.45, 7) is 2.62. The summed E-state index contributed by atoms with van der Waals surface area (Å²) in [5, 5.41) is 16.1. The van der Waals surface area contributed by atoms with E-state index in [0.29, 0.717) is 11.7 Å². The Morgan fingerprint density at radius 2 is 1.88 bits per heavy atom. The maximum atomic E-state index is 9.24. The molecule has 7 heteroatoms. The number of benzene rings is 2. The minimum absolute atomic E-state index is 0. The first-order valence-electron chi connectivity index (χ1n) is 7.51. The number of phenols is 1. The largest absolute Gasteiger partial charge is 0.508 e. The Balaban J connectivity index is 0.00000225. The van der Waals surface area contributed by atoms with Gasteiger partial charge in [0.1, 0.15) is 11.5 Å². The number of hydrogen-bond acceptors (Lipinski definition) is 6. The van der Waals surface area contributed by atoms with E-state index < -0.39 is 0 Å². The molecule has 0 fully saturated rings. The van der Waals surface area contributed by atoms with Crippen molar-refractivity contribution in [3.8, 4) is 22.8 Å². The molecule has 25 heavy (non-hydrogen) atoms. The molecule has 5 nitrogen and oxygen atoms in total. The first kappa shape index (κ1) is 19.0. The summed E-state index contributed by atoms with van der Waals surface area (Å²) in [5.41, 5.74) is 5.74. The molecule has 3 aromatic rings. The van der Waals surface area contributed by atoms with E-state index in [0.717, 1.165) is 22.6 Å². The van der Waals surface area contributed by atoms with E-state index in [-0.39, 0.29) is 22.7 Å². The van der Waals surface area contributed by atoms with Gasteiger partial charge in [-0.1, -0.05) is 0 Å². The molecule has 0 aliphatic heterocycles. The molecule has 0 saturated heterocycles. The van der Waals surface area contributed by atoms with Crippen LogP contribution in [-0.2, 0) is 0 Å². The molecule has 0 radical (unpaired) electrons. The second-order valence-corrected chi connectivity index (χ2v) is 5.81. The van der Waals surface area contributed by atoms with E-state index in [4.69, 9.17) is 4.74 Å². The first-order valence-corrected chi connectivity index (χ1v) is 8.39. The van der Waals surface area contributed by atoms with Crippen LogP contribution in [0.2, 0.25) is 0 Å². The molecular formula is C18H18BrN3O2S. The zero-order valence-corrected chi connectivity index (χ0v) is 16.1. The monoisotopic (exact) mass is 419 g/mol. The van der Waals surface area contributed by atoms with Crippen LogP contribution in [0.5, 0.6) is 11.5 Å². The highest BCUT2D eigenvalue weighted by Crippen LogP contribution is 2.26. The summed E-state index contributed by atoms with van der Waals surface area (Å²) in [5.74, 6) is 1.09. The highest BCUT2D eigenvalue weighted by atomic mass is 79.9. The first-order chi connectivity index (χ1) is 11.7. The van der Waals surface area contributed by atoms with Gasteiger partial charge in [0, 0.05) is 10.9 Å². The average molecular weight is 420 g/mol. The van der Waals surface area contributed by atoms with Crippen LogP contribution in [0.25, 0.3) is 11.3 Å². The minimum Gasteiger partial charge on any atom is -0.508 e. The topological polar surface area (TPSA) is 66.7 Å². The number of phenolic OH excluding ortho intramolecular Hbond substituents is 1. The number of anilines is 1. The standard InChI is InChI=1S/C18H17N3O2S.BrH/c1-2-23-16-9-5-14(6-10-16)17-12-24-18(20-17)21-19-11-13-3-7-15(22)8-4-13;/h3-12,22H,2H2,1H3,(H,20,21);1H/b19-11-;. The molecule has 2 aromatic carbocycles. The van der Waals surface area contributed by atoms with Gasteiger partial charge in [-0.3, -0.25) is 5.43 Å². The van der Waals surface area contributed by atoms with Crippen molar-refractivity contribution in [2.24, 2.45) is 5.10 Å². The lowest BCUT2D eigenvalue weighted by Gasteiger charge is -2.03. The Labute approximate surface area is 160 Å². The third-order valence-electron chi connectivity index (χ3n) is 3.23. The lowest BCUT2D eigenvalue weighted by atomic mass is 10.2. The highest BCUT2D eigenvalue weighted by molar-refractivity contribution is 8.93. The Morgan fingerprint density at radius 1 is 1.16 bits per heavy atom. The number of rotatable bonds is 6. The normalized spacial score (nSPS) is 10.4. The lowest BCUT2D eigenvalue weighted by molar-refractivity contribution is 0.340. The zero-order chi connectivity index (χ0) is 16.8. The molecule has 0 atom stereocenters. The van der Waals surface area contributed by atoms with Crippen molar-refractivity contribution >= 4 is 39.7 Å². The number of thiazole rings is 1. The molecule has 1 aromatic heterocycles. The molecule has 0 spiro atoms. The Hall–Kier alpha value is -2.38. The number of hydrogen-bond donors (Lipinski definition) is 2. The number of hydrazone groups is 1. The number of aromatic hydroxyl groups is 1. The van der Waals surface area contributed by atoms with Gasteiger partial charge in [-0.2, -0.15) is 5.10 Å². The van der Waals surface area contributed by atoms with E-state index in [2.05, 4.69) is 15.5 Å². The second kappa shape index (κ2) is 9.19. The fourth-order valence-electron chi connectivity index (χ4n) is 2.07. The zero-order valence-electron chi connectivity index (χ0n) is 13.5. The van der Waals surface area contributed by atoms with E-state index in [1.165, 1.54) is 11.3 Å². The van der Waals surface area contributed by atoms with Crippen molar-refractivity contribution in [3.63, 3.8) is 0 Å².